The molecule has 4 heteroatoms. The Balaban J connectivity index is 2.11. The summed E-state index contributed by atoms with van der Waals surface area (Å²) in [5, 5.41) is 2.94. The van der Waals surface area contributed by atoms with Gasteiger partial charge in [0.05, 0.1) is 6.61 Å². The molecule has 0 aliphatic heterocycles. The average Bonchev–Trinajstić information content (AvgIpc) is 2.76. The van der Waals surface area contributed by atoms with Crippen molar-refractivity contribution in [2.45, 2.75) is 52.0 Å². The van der Waals surface area contributed by atoms with Crippen LogP contribution in [0.25, 0.3) is 0 Å². The Kier molecular flexibility index (Phi) is 7.28. The number of ether oxygens (including phenoxy) is 1. The van der Waals surface area contributed by atoms with Crippen LogP contribution >= 0.6 is 0 Å². The number of rotatable bonds is 8. The lowest BCUT2D eigenvalue weighted by atomic mass is 9.97. The van der Waals surface area contributed by atoms with Gasteiger partial charge in [0.15, 0.2) is 0 Å². The van der Waals surface area contributed by atoms with Crippen molar-refractivity contribution in [2.75, 3.05) is 19.8 Å². The topological polar surface area (TPSA) is 64.3 Å². The highest BCUT2D eigenvalue weighted by Crippen LogP contribution is 2.30. The minimum absolute atomic E-state index is 0.00162. The summed E-state index contributed by atoms with van der Waals surface area (Å²) < 4.78 is 5.52. The van der Waals surface area contributed by atoms with Crippen molar-refractivity contribution in [1.82, 2.24) is 5.32 Å². The van der Waals surface area contributed by atoms with E-state index in [-0.39, 0.29) is 18.6 Å². The largest absolute Gasteiger partial charge is 0.371 e. The monoisotopic (exact) mass is 256 g/mol. The van der Waals surface area contributed by atoms with Gasteiger partial charge in [0, 0.05) is 6.04 Å². The van der Waals surface area contributed by atoms with Crippen LogP contribution in [0.2, 0.25) is 0 Å². The molecule has 0 saturated heterocycles. The zero-order valence-corrected chi connectivity index (χ0v) is 11.8. The van der Waals surface area contributed by atoms with Crippen molar-refractivity contribution < 1.29 is 9.53 Å². The number of nitrogens with one attached hydrogen (secondary N) is 1. The third kappa shape index (κ3) is 5.36. The lowest BCUT2D eigenvalue weighted by Crippen LogP contribution is -2.35. The summed E-state index contributed by atoms with van der Waals surface area (Å²) in [5.74, 6) is 1.14. The van der Waals surface area contributed by atoms with Gasteiger partial charge in [-0.05, 0) is 44.6 Å². The van der Waals surface area contributed by atoms with E-state index in [2.05, 4.69) is 12.2 Å². The first-order valence-electron chi connectivity index (χ1n) is 7.24. The summed E-state index contributed by atoms with van der Waals surface area (Å²) in [6.07, 6.45) is 5.75. The van der Waals surface area contributed by atoms with Gasteiger partial charge in [-0.15, -0.1) is 0 Å². The maximum absolute atomic E-state index is 11.6. The summed E-state index contributed by atoms with van der Waals surface area (Å²) in [4.78, 5) is 11.6. The molecule has 1 amide bonds. The molecule has 0 heterocycles. The van der Waals surface area contributed by atoms with E-state index in [1.54, 1.807) is 0 Å². The van der Waals surface area contributed by atoms with E-state index in [4.69, 9.17) is 10.5 Å². The fraction of sp³-hybridized carbons (Fsp3) is 0.929. The predicted octanol–water partition coefficient (Wildman–Crippen LogP) is 1.68. The molecule has 0 bridgehead atoms. The van der Waals surface area contributed by atoms with Gasteiger partial charge in [0.1, 0.15) is 6.61 Å². The molecule has 0 radical (unpaired) electrons. The van der Waals surface area contributed by atoms with Crippen LogP contribution < -0.4 is 11.1 Å². The van der Waals surface area contributed by atoms with Gasteiger partial charge >= 0.3 is 0 Å². The van der Waals surface area contributed by atoms with E-state index in [9.17, 15) is 4.79 Å². The molecular formula is C14H28N2O2. The van der Waals surface area contributed by atoms with Crippen LogP contribution in [0, 0.1) is 11.8 Å². The second-order valence-electron chi connectivity index (χ2n) is 5.46. The number of nitrogens with two attached hydrogens (primary N) is 1. The third-order valence-corrected chi connectivity index (χ3v) is 3.81. The SMILES string of the molecule is CCCC(C)NC(=O)COCC1CCCC1CN. The van der Waals surface area contributed by atoms with E-state index in [1.807, 2.05) is 6.92 Å². The van der Waals surface area contributed by atoms with Crippen LogP contribution in [0.4, 0.5) is 0 Å². The summed E-state index contributed by atoms with van der Waals surface area (Å²) in [6.45, 7) is 5.75. The fourth-order valence-corrected chi connectivity index (χ4v) is 2.77. The smallest absolute Gasteiger partial charge is 0.246 e. The third-order valence-electron chi connectivity index (χ3n) is 3.81. The molecular weight excluding hydrogens is 228 g/mol. The zero-order chi connectivity index (χ0) is 13.4. The molecule has 0 aromatic heterocycles. The maximum atomic E-state index is 11.6. The fourth-order valence-electron chi connectivity index (χ4n) is 2.77. The first-order valence-corrected chi connectivity index (χ1v) is 7.24. The van der Waals surface area contributed by atoms with Gasteiger partial charge in [-0.3, -0.25) is 4.79 Å². The van der Waals surface area contributed by atoms with Crippen LogP contribution in [0.3, 0.4) is 0 Å². The highest BCUT2D eigenvalue weighted by molar-refractivity contribution is 5.77. The van der Waals surface area contributed by atoms with E-state index >= 15 is 0 Å². The Hall–Kier alpha value is -0.610. The van der Waals surface area contributed by atoms with Crippen molar-refractivity contribution >= 4 is 5.91 Å². The molecule has 0 aromatic rings. The predicted molar refractivity (Wildman–Crippen MR) is 73.2 cm³/mol. The Morgan fingerprint density at radius 1 is 1.44 bits per heavy atom. The Morgan fingerprint density at radius 2 is 2.17 bits per heavy atom. The molecule has 1 fully saturated rings. The van der Waals surface area contributed by atoms with Crippen LogP contribution in [0.1, 0.15) is 46.0 Å². The molecule has 1 saturated carbocycles. The number of amides is 1. The first-order chi connectivity index (χ1) is 8.67. The van der Waals surface area contributed by atoms with Crippen molar-refractivity contribution in [3.8, 4) is 0 Å². The highest BCUT2D eigenvalue weighted by atomic mass is 16.5. The molecule has 0 spiro atoms. The van der Waals surface area contributed by atoms with E-state index in [0.717, 1.165) is 19.4 Å². The molecule has 3 atom stereocenters. The van der Waals surface area contributed by atoms with Crippen molar-refractivity contribution in [3.63, 3.8) is 0 Å². The molecule has 1 rings (SSSR count). The Labute approximate surface area is 111 Å². The van der Waals surface area contributed by atoms with Gasteiger partial charge in [0.2, 0.25) is 5.91 Å². The van der Waals surface area contributed by atoms with Gasteiger partial charge < -0.3 is 15.8 Å². The van der Waals surface area contributed by atoms with Gasteiger partial charge in [0.25, 0.3) is 0 Å². The molecule has 4 nitrogen and oxygen atoms in total. The van der Waals surface area contributed by atoms with Gasteiger partial charge in [-0.2, -0.15) is 0 Å². The standard InChI is InChI=1S/C14H28N2O2/c1-3-5-11(2)16-14(17)10-18-9-13-7-4-6-12(13)8-15/h11-13H,3-10,15H2,1-2H3,(H,16,17). The number of hydrogen-bond donors (Lipinski definition) is 2. The normalized spacial score (nSPS) is 25.1. The van der Waals surface area contributed by atoms with E-state index in [0.29, 0.717) is 18.4 Å². The zero-order valence-electron chi connectivity index (χ0n) is 11.8. The Bertz CT molecular complexity index is 246. The number of carbonyl (C=O) groups excluding carboxylic acids is 1. The molecule has 1 aliphatic carbocycles. The minimum atomic E-state index is -0.00162. The van der Waals surface area contributed by atoms with E-state index < -0.39 is 0 Å². The maximum Gasteiger partial charge on any atom is 0.246 e. The summed E-state index contributed by atoms with van der Waals surface area (Å²) >= 11 is 0. The van der Waals surface area contributed by atoms with Crippen molar-refractivity contribution in [1.29, 1.82) is 0 Å². The molecule has 3 N–H and O–H groups in total. The van der Waals surface area contributed by atoms with Crippen LogP contribution in [-0.2, 0) is 9.53 Å². The van der Waals surface area contributed by atoms with Crippen LogP contribution in [0.15, 0.2) is 0 Å². The van der Waals surface area contributed by atoms with Crippen molar-refractivity contribution in [3.05, 3.63) is 0 Å². The second-order valence-corrected chi connectivity index (χ2v) is 5.46. The molecule has 3 unspecified atom stereocenters. The summed E-state index contributed by atoms with van der Waals surface area (Å²) in [5.41, 5.74) is 5.72. The number of carbonyl (C=O) groups is 1. The lowest BCUT2D eigenvalue weighted by molar-refractivity contribution is -0.126. The second kappa shape index (κ2) is 8.48. The van der Waals surface area contributed by atoms with Crippen molar-refractivity contribution in [2.24, 2.45) is 17.6 Å². The average molecular weight is 256 g/mol. The van der Waals surface area contributed by atoms with Gasteiger partial charge in [-0.1, -0.05) is 19.8 Å². The van der Waals surface area contributed by atoms with Gasteiger partial charge in [-0.25, -0.2) is 0 Å². The lowest BCUT2D eigenvalue weighted by Gasteiger charge is -2.18. The molecule has 1 aliphatic rings. The first kappa shape index (κ1) is 15.4. The summed E-state index contributed by atoms with van der Waals surface area (Å²) in [7, 11) is 0. The van der Waals surface area contributed by atoms with E-state index in [1.165, 1.54) is 19.3 Å². The van der Waals surface area contributed by atoms with Crippen LogP contribution in [-0.4, -0.2) is 31.7 Å². The highest BCUT2D eigenvalue weighted by Gasteiger charge is 2.26. The molecule has 0 aromatic carbocycles. The Morgan fingerprint density at radius 3 is 2.83 bits per heavy atom. The van der Waals surface area contributed by atoms with Crippen LogP contribution in [0.5, 0.6) is 0 Å². The molecule has 106 valence electrons. The molecule has 18 heavy (non-hydrogen) atoms. The quantitative estimate of drug-likeness (QED) is 0.694. The summed E-state index contributed by atoms with van der Waals surface area (Å²) in [6, 6.07) is 0.245. The minimum Gasteiger partial charge on any atom is -0.371 e. The number of hydrogen-bond acceptors (Lipinski definition) is 3.